The largest absolute Gasteiger partial charge is 0.390 e. The third-order valence-electron chi connectivity index (χ3n) is 1.16. The molecule has 1 aromatic heterocycles. The van der Waals surface area contributed by atoms with Crippen molar-refractivity contribution >= 4 is 0 Å². The van der Waals surface area contributed by atoms with E-state index in [0.29, 0.717) is 0 Å². The van der Waals surface area contributed by atoms with Crippen LogP contribution >= 0.6 is 0 Å². The lowest BCUT2D eigenvalue weighted by Crippen LogP contribution is -2.01. The van der Waals surface area contributed by atoms with E-state index < -0.39 is 0 Å². The van der Waals surface area contributed by atoms with Gasteiger partial charge in [-0.25, -0.2) is 4.68 Å². The number of aliphatic hydroxyl groups excluding tert-OH is 1. The van der Waals surface area contributed by atoms with Crippen molar-refractivity contribution in [2.24, 2.45) is 0 Å². The summed E-state index contributed by atoms with van der Waals surface area (Å²) in [6.45, 7) is 2.73. The Morgan fingerprint density at radius 3 is 3.00 bits per heavy atom. The zero-order valence-corrected chi connectivity index (χ0v) is 5.28. The lowest BCUT2D eigenvalue weighted by atomic mass is 10.5. The minimum absolute atomic E-state index is 0.0147. The van der Waals surface area contributed by atoms with Gasteiger partial charge in [0.05, 0.1) is 18.5 Å². The fourth-order valence-corrected chi connectivity index (χ4v) is 0.668. The average molecular weight is 127 g/mol. The van der Waals surface area contributed by atoms with Crippen LogP contribution in [0.15, 0.2) is 6.20 Å². The molecule has 1 N–H and O–H groups in total. The molecule has 1 rings (SSSR count). The van der Waals surface area contributed by atoms with E-state index in [1.54, 1.807) is 10.9 Å². The second-order valence-corrected chi connectivity index (χ2v) is 1.70. The van der Waals surface area contributed by atoms with Crippen LogP contribution in [0.1, 0.15) is 12.6 Å². The summed E-state index contributed by atoms with van der Waals surface area (Å²) < 4.78 is 1.65. The van der Waals surface area contributed by atoms with E-state index in [4.69, 9.17) is 5.11 Å². The Morgan fingerprint density at radius 1 is 1.78 bits per heavy atom. The molecule has 0 saturated heterocycles. The maximum atomic E-state index is 8.64. The van der Waals surface area contributed by atoms with Gasteiger partial charge < -0.3 is 5.11 Å². The maximum Gasteiger partial charge on any atom is 0.0866 e. The van der Waals surface area contributed by atoms with Gasteiger partial charge in [0.2, 0.25) is 0 Å². The molecule has 0 amide bonds. The first kappa shape index (κ1) is 6.22. The number of aliphatic hydroxyl groups is 1. The summed E-state index contributed by atoms with van der Waals surface area (Å²) in [4.78, 5) is 0. The molecule has 0 aromatic carbocycles. The average Bonchev–Trinajstić information content (AvgIpc) is 2.33. The van der Waals surface area contributed by atoms with Gasteiger partial charge in [0.1, 0.15) is 0 Å². The van der Waals surface area contributed by atoms with Crippen LogP contribution in [0.5, 0.6) is 0 Å². The van der Waals surface area contributed by atoms with Gasteiger partial charge in [-0.15, -0.1) is 5.10 Å². The van der Waals surface area contributed by atoms with Crippen molar-refractivity contribution in [1.82, 2.24) is 15.0 Å². The highest BCUT2D eigenvalue weighted by atomic mass is 16.3. The number of aromatic nitrogens is 3. The van der Waals surface area contributed by atoms with Crippen LogP contribution in [-0.4, -0.2) is 20.1 Å². The normalized spacial score (nSPS) is 10.0. The number of aryl methyl sites for hydroxylation is 1. The molecule has 0 unspecified atom stereocenters. The summed E-state index contributed by atoms with van der Waals surface area (Å²) in [6, 6.07) is 0. The van der Waals surface area contributed by atoms with Crippen LogP contribution in [0.3, 0.4) is 0 Å². The Morgan fingerprint density at radius 2 is 2.56 bits per heavy atom. The van der Waals surface area contributed by atoms with Crippen LogP contribution in [0.25, 0.3) is 0 Å². The summed E-state index contributed by atoms with van der Waals surface area (Å²) in [6.07, 6.45) is 1.56. The van der Waals surface area contributed by atoms with Crippen molar-refractivity contribution in [2.75, 3.05) is 0 Å². The van der Waals surface area contributed by atoms with E-state index in [9.17, 15) is 0 Å². The third-order valence-corrected chi connectivity index (χ3v) is 1.16. The standard InChI is InChI=1S/C5H9N3O/c1-2-8-5(4-9)3-6-7-8/h3,9H,2,4H2,1H3. The molecule has 0 radical (unpaired) electrons. The molecule has 0 aliphatic heterocycles. The van der Waals surface area contributed by atoms with E-state index in [-0.39, 0.29) is 6.61 Å². The molecule has 9 heavy (non-hydrogen) atoms. The summed E-state index contributed by atoms with van der Waals surface area (Å²) in [5, 5.41) is 16.0. The Labute approximate surface area is 53.1 Å². The van der Waals surface area contributed by atoms with E-state index in [1.165, 1.54) is 0 Å². The van der Waals surface area contributed by atoms with Gasteiger partial charge in [-0.2, -0.15) is 0 Å². The molecule has 50 valence electrons. The second-order valence-electron chi connectivity index (χ2n) is 1.70. The minimum Gasteiger partial charge on any atom is -0.390 e. The quantitative estimate of drug-likeness (QED) is 0.598. The van der Waals surface area contributed by atoms with Crippen LogP contribution in [0.4, 0.5) is 0 Å². The summed E-state index contributed by atoms with van der Waals surface area (Å²) in [5.74, 6) is 0. The van der Waals surface area contributed by atoms with Crippen LogP contribution in [0, 0.1) is 0 Å². The van der Waals surface area contributed by atoms with Gasteiger partial charge in [0.25, 0.3) is 0 Å². The lowest BCUT2D eigenvalue weighted by Gasteiger charge is -1.95. The fourth-order valence-electron chi connectivity index (χ4n) is 0.668. The van der Waals surface area contributed by atoms with Crippen LogP contribution in [0.2, 0.25) is 0 Å². The summed E-state index contributed by atoms with van der Waals surface area (Å²) in [7, 11) is 0. The number of rotatable bonds is 2. The molecule has 1 aromatic rings. The first-order valence-electron chi connectivity index (χ1n) is 2.86. The first-order valence-corrected chi connectivity index (χ1v) is 2.86. The fraction of sp³-hybridized carbons (Fsp3) is 0.600. The van der Waals surface area contributed by atoms with Gasteiger partial charge in [0, 0.05) is 6.54 Å². The number of hydrogen-bond acceptors (Lipinski definition) is 3. The lowest BCUT2D eigenvalue weighted by molar-refractivity contribution is 0.268. The third kappa shape index (κ3) is 1.08. The zero-order chi connectivity index (χ0) is 6.69. The SMILES string of the molecule is CCn1nncc1CO. The molecule has 0 fully saturated rings. The summed E-state index contributed by atoms with van der Waals surface area (Å²) in [5.41, 5.74) is 0.762. The van der Waals surface area contributed by atoms with Crippen molar-refractivity contribution < 1.29 is 5.11 Å². The molecule has 0 atom stereocenters. The van der Waals surface area contributed by atoms with Crippen LogP contribution < -0.4 is 0 Å². The molecular formula is C5H9N3O. The molecule has 4 nitrogen and oxygen atoms in total. The summed E-state index contributed by atoms with van der Waals surface area (Å²) >= 11 is 0. The zero-order valence-electron chi connectivity index (χ0n) is 5.28. The second kappa shape index (κ2) is 2.59. The molecule has 0 aliphatic rings. The van der Waals surface area contributed by atoms with Crippen molar-refractivity contribution in [3.8, 4) is 0 Å². The first-order chi connectivity index (χ1) is 4.38. The van der Waals surface area contributed by atoms with Crippen molar-refractivity contribution in [3.63, 3.8) is 0 Å². The molecule has 0 bridgehead atoms. The van der Waals surface area contributed by atoms with E-state index >= 15 is 0 Å². The molecule has 0 spiro atoms. The van der Waals surface area contributed by atoms with Gasteiger partial charge in [-0.1, -0.05) is 5.21 Å². The highest BCUT2D eigenvalue weighted by molar-refractivity contribution is 4.90. The number of hydrogen-bond donors (Lipinski definition) is 1. The maximum absolute atomic E-state index is 8.64. The molecular weight excluding hydrogens is 118 g/mol. The Bertz CT molecular complexity index is 166. The monoisotopic (exact) mass is 127 g/mol. The number of nitrogens with zero attached hydrogens (tertiary/aromatic N) is 3. The van der Waals surface area contributed by atoms with Crippen molar-refractivity contribution in [3.05, 3.63) is 11.9 Å². The molecule has 1 heterocycles. The van der Waals surface area contributed by atoms with E-state index in [1.807, 2.05) is 6.92 Å². The minimum atomic E-state index is 0.0147. The smallest absolute Gasteiger partial charge is 0.0866 e. The highest BCUT2D eigenvalue weighted by Gasteiger charge is 1.96. The van der Waals surface area contributed by atoms with Crippen LogP contribution in [-0.2, 0) is 13.2 Å². The Balaban J connectivity index is 2.85. The van der Waals surface area contributed by atoms with Gasteiger partial charge >= 0.3 is 0 Å². The van der Waals surface area contributed by atoms with Gasteiger partial charge in [-0.05, 0) is 6.92 Å². The van der Waals surface area contributed by atoms with Gasteiger partial charge in [0.15, 0.2) is 0 Å². The Kier molecular flexibility index (Phi) is 1.79. The van der Waals surface area contributed by atoms with E-state index in [2.05, 4.69) is 10.3 Å². The van der Waals surface area contributed by atoms with Crippen molar-refractivity contribution in [2.45, 2.75) is 20.1 Å². The Hall–Kier alpha value is -0.900. The molecule has 0 aliphatic carbocycles. The highest BCUT2D eigenvalue weighted by Crippen LogP contribution is 1.93. The van der Waals surface area contributed by atoms with Gasteiger partial charge in [-0.3, -0.25) is 0 Å². The van der Waals surface area contributed by atoms with Crippen molar-refractivity contribution in [1.29, 1.82) is 0 Å². The molecule has 0 saturated carbocycles. The topological polar surface area (TPSA) is 50.9 Å². The molecule has 4 heteroatoms. The predicted octanol–water partition coefficient (Wildman–Crippen LogP) is -0.210. The predicted molar refractivity (Wildman–Crippen MR) is 31.6 cm³/mol. The van der Waals surface area contributed by atoms with E-state index in [0.717, 1.165) is 12.2 Å².